The van der Waals surface area contributed by atoms with Crippen molar-refractivity contribution in [2.24, 2.45) is 7.05 Å². The van der Waals surface area contributed by atoms with Crippen molar-refractivity contribution in [2.75, 3.05) is 13.1 Å². The van der Waals surface area contributed by atoms with Crippen molar-refractivity contribution in [1.82, 2.24) is 19.7 Å². The van der Waals surface area contributed by atoms with Gasteiger partial charge in [-0.2, -0.15) is 5.10 Å². The molecule has 6 nitrogen and oxygen atoms in total. The van der Waals surface area contributed by atoms with E-state index in [0.717, 1.165) is 24.2 Å². The third-order valence-corrected chi connectivity index (χ3v) is 4.01. The summed E-state index contributed by atoms with van der Waals surface area (Å²) < 4.78 is 1.69. The highest BCUT2D eigenvalue weighted by atomic mass is 16.4. The summed E-state index contributed by atoms with van der Waals surface area (Å²) in [6.45, 7) is 1.23. The first-order chi connectivity index (χ1) is 10.1. The van der Waals surface area contributed by atoms with Gasteiger partial charge in [0.1, 0.15) is 6.33 Å². The highest BCUT2D eigenvalue weighted by Crippen LogP contribution is 2.29. The van der Waals surface area contributed by atoms with Gasteiger partial charge in [-0.05, 0) is 24.3 Å². The molecular weight excluding hydrogens is 268 g/mol. The maximum absolute atomic E-state index is 10.9. The number of hydrogen-bond acceptors (Lipinski definition) is 3. The summed E-state index contributed by atoms with van der Waals surface area (Å²) in [4.78, 5) is 16.6. The van der Waals surface area contributed by atoms with Gasteiger partial charge < -0.3 is 10.0 Å². The summed E-state index contributed by atoms with van der Waals surface area (Å²) in [5, 5.41) is 13.3. The van der Waals surface area contributed by atoms with Crippen LogP contribution in [-0.4, -0.2) is 44.0 Å². The molecule has 1 fully saturated rings. The normalized spacial score (nSPS) is 16.1. The minimum absolute atomic E-state index is 0.436. The van der Waals surface area contributed by atoms with Crippen LogP contribution in [0, 0.1) is 0 Å². The summed E-state index contributed by atoms with van der Waals surface area (Å²) in [5.41, 5.74) is 2.27. The minimum Gasteiger partial charge on any atom is -0.465 e. The molecule has 2 aromatic rings. The van der Waals surface area contributed by atoms with Gasteiger partial charge >= 0.3 is 6.09 Å². The molecule has 1 aliphatic heterocycles. The maximum atomic E-state index is 10.9. The molecular formula is C15H18N4O2. The molecule has 0 bridgehead atoms. The molecule has 1 aliphatic rings. The molecule has 0 spiro atoms. The lowest BCUT2D eigenvalue weighted by atomic mass is 9.89. The molecule has 1 aromatic heterocycles. The largest absolute Gasteiger partial charge is 0.465 e. The first kappa shape index (κ1) is 13.6. The Balaban J connectivity index is 1.69. The van der Waals surface area contributed by atoms with Crippen molar-refractivity contribution in [3.8, 4) is 11.4 Å². The average molecular weight is 286 g/mol. The molecule has 1 aromatic carbocycles. The third kappa shape index (κ3) is 2.89. The van der Waals surface area contributed by atoms with Crippen molar-refractivity contribution in [3.63, 3.8) is 0 Å². The number of benzene rings is 1. The topological polar surface area (TPSA) is 71.2 Å². The molecule has 2 heterocycles. The van der Waals surface area contributed by atoms with Crippen molar-refractivity contribution < 1.29 is 9.90 Å². The highest BCUT2D eigenvalue weighted by molar-refractivity contribution is 5.65. The Morgan fingerprint density at radius 2 is 1.90 bits per heavy atom. The molecule has 0 saturated carbocycles. The summed E-state index contributed by atoms with van der Waals surface area (Å²) in [7, 11) is 1.85. The average Bonchev–Trinajstić information content (AvgIpc) is 2.94. The number of carboxylic acid groups (broad SMARTS) is 1. The number of aromatic nitrogens is 3. The first-order valence-electron chi connectivity index (χ1n) is 7.07. The molecule has 0 unspecified atom stereocenters. The SMILES string of the molecule is Cn1cnc(-c2ccc(C3CCN(C(=O)O)CC3)cc2)n1. The lowest BCUT2D eigenvalue weighted by molar-refractivity contribution is 0.132. The van der Waals surface area contributed by atoms with Crippen LogP contribution in [0.25, 0.3) is 11.4 Å². The third-order valence-electron chi connectivity index (χ3n) is 4.01. The molecule has 0 aliphatic carbocycles. The molecule has 21 heavy (non-hydrogen) atoms. The van der Waals surface area contributed by atoms with E-state index in [1.54, 1.807) is 11.0 Å². The van der Waals surface area contributed by atoms with E-state index >= 15 is 0 Å². The number of rotatable bonds is 2. The lowest BCUT2D eigenvalue weighted by Gasteiger charge is -2.30. The fraction of sp³-hybridized carbons (Fsp3) is 0.400. The smallest absolute Gasteiger partial charge is 0.407 e. The number of hydrogen-bond donors (Lipinski definition) is 1. The quantitative estimate of drug-likeness (QED) is 0.919. The zero-order valence-electron chi connectivity index (χ0n) is 11.9. The van der Waals surface area contributed by atoms with Crippen LogP contribution in [0.3, 0.4) is 0 Å². The van der Waals surface area contributed by atoms with E-state index in [2.05, 4.69) is 22.2 Å². The van der Waals surface area contributed by atoms with Crippen molar-refractivity contribution in [1.29, 1.82) is 0 Å². The second-order valence-corrected chi connectivity index (χ2v) is 5.41. The zero-order chi connectivity index (χ0) is 14.8. The van der Waals surface area contributed by atoms with Crippen LogP contribution in [0.15, 0.2) is 30.6 Å². The Morgan fingerprint density at radius 3 is 2.43 bits per heavy atom. The van der Waals surface area contributed by atoms with E-state index in [4.69, 9.17) is 5.11 Å². The summed E-state index contributed by atoms with van der Waals surface area (Å²) in [5.74, 6) is 1.16. The fourth-order valence-electron chi connectivity index (χ4n) is 2.78. The number of piperidine rings is 1. The Labute approximate surface area is 123 Å². The summed E-state index contributed by atoms with van der Waals surface area (Å²) in [6.07, 6.45) is 2.64. The maximum Gasteiger partial charge on any atom is 0.407 e. The number of nitrogens with zero attached hydrogens (tertiary/aromatic N) is 4. The predicted molar refractivity (Wildman–Crippen MR) is 78.0 cm³/mol. The van der Waals surface area contributed by atoms with Gasteiger partial charge in [0.25, 0.3) is 0 Å². The second kappa shape index (κ2) is 5.55. The molecule has 1 amide bonds. The number of carbonyl (C=O) groups is 1. The number of aryl methyl sites for hydroxylation is 1. The minimum atomic E-state index is -0.815. The highest BCUT2D eigenvalue weighted by Gasteiger charge is 2.23. The van der Waals surface area contributed by atoms with E-state index in [0.29, 0.717) is 19.0 Å². The van der Waals surface area contributed by atoms with Crippen LogP contribution >= 0.6 is 0 Å². The van der Waals surface area contributed by atoms with Gasteiger partial charge in [0.15, 0.2) is 5.82 Å². The van der Waals surface area contributed by atoms with Gasteiger partial charge in [-0.15, -0.1) is 0 Å². The van der Waals surface area contributed by atoms with Crippen molar-refractivity contribution in [3.05, 3.63) is 36.2 Å². The van der Waals surface area contributed by atoms with Crippen LogP contribution < -0.4 is 0 Å². The van der Waals surface area contributed by atoms with Crippen LogP contribution in [-0.2, 0) is 7.05 Å². The first-order valence-corrected chi connectivity index (χ1v) is 7.07. The van der Waals surface area contributed by atoms with Crippen molar-refractivity contribution in [2.45, 2.75) is 18.8 Å². The fourth-order valence-corrected chi connectivity index (χ4v) is 2.78. The van der Waals surface area contributed by atoms with Gasteiger partial charge in [-0.25, -0.2) is 9.78 Å². The van der Waals surface area contributed by atoms with E-state index in [1.807, 2.05) is 19.2 Å². The van der Waals surface area contributed by atoms with Gasteiger partial charge in [0.2, 0.25) is 0 Å². The molecule has 0 atom stereocenters. The van der Waals surface area contributed by atoms with E-state index < -0.39 is 6.09 Å². The molecule has 110 valence electrons. The Morgan fingerprint density at radius 1 is 1.24 bits per heavy atom. The molecule has 6 heteroatoms. The van der Waals surface area contributed by atoms with Gasteiger partial charge in [-0.3, -0.25) is 4.68 Å². The summed E-state index contributed by atoms with van der Waals surface area (Å²) >= 11 is 0. The standard InChI is InChI=1S/C15H18N4O2/c1-18-10-16-14(17-18)13-4-2-11(3-5-13)12-6-8-19(9-7-12)15(20)21/h2-5,10,12H,6-9H2,1H3,(H,20,21). The molecule has 0 radical (unpaired) electrons. The number of likely N-dealkylation sites (tertiary alicyclic amines) is 1. The van der Waals surface area contributed by atoms with Gasteiger partial charge in [0, 0.05) is 25.7 Å². The molecule has 3 rings (SSSR count). The van der Waals surface area contributed by atoms with Gasteiger partial charge in [0.05, 0.1) is 0 Å². The van der Waals surface area contributed by atoms with Crippen LogP contribution in [0.4, 0.5) is 4.79 Å². The van der Waals surface area contributed by atoms with Crippen LogP contribution in [0.1, 0.15) is 24.3 Å². The number of amides is 1. The van der Waals surface area contributed by atoms with Crippen molar-refractivity contribution >= 4 is 6.09 Å². The second-order valence-electron chi connectivity index (χ2n) is 5.41. The zero-order valence-corrected chi connectivity index (χ0v) is 11.9. The Kier molecular flexibility index (Phi) is 3.60. The Bertz CT molecular complexity index is 627. The van der Waals surface area contributed by atoms with Crippen LogP contribution in [0.2, 0.25) is 0 Å². The van der Waals surface area contributed by atoms with E-state index in [1.165, 1.54) is 10.5 Å². The lowest BCUT2D eigenvalue weighted by Crippen LogP contribution is -2.36. The van der Waals surface area contributed by atoms with E-state index in [-0.39, 0.29) is 0 Å². The van der Waals surface area contributed by atoms with E-state index in [9.17, 15) is 4.79 Å². The van der Waals surface area contributed by atoms with Gasteiger partial charge in [-0.1, -0.05) is 24.3 Å². The molecule has 1 saturated heterocycles. The summed E-state index contributed by atoms with van der Waals surface area (Å²) in [6, 6.07) is 8.28. The Hall–Kier alpha value is -2.37. The van der Waals surface area contributed by atoms with Crippen LogP contribution in [0.5, 0.6) is 0 Å². The molecule has 1 N–H and O–H groups in total. The monoisotopic (exact) mass is 286 g/mol. The predicted octanol–water partition coefficient (Wildman–Crippen LogP) is 2.34.